The van der Waals surface area contributed by atoms with E-state index < -0.39 is 10.2 Å². The molecule has 1 aliphatic carbocycles. The topological polar surface area (TPSA) is 69.6 Å². The van der Waals surface area contributed by atoms with Crippen LogP contribution in [0.3, 0.4) is 0 Å². The van der Waals surface area contributed by atoms with Crippen LogP contribution in [0, 0.1) is 0 Å². The Labute approximate surface area is 104 Å². The van der Waals surface area contributed by atoms with Crippen molar-refractivity contribution in [2.24, 2.45) is 0 Å². The van der Waals surface area contributed by atoms with E-state index in [1.54, 1.807) is 7.05 Å². The highest BCUT2D eigenvalue weighted by Gasteiger charge is 2.28. The fraction of sp³-hybridized carbons (Fsp3) is 1.00. The van der Waals surface area contributed by atoms with Crippen LogP contribution in [-0.2, 0) is 10.2 Å². The van der Waals surface area contributed by atoms with Crippen LogP contribution in [-0.4, -0.2) is 43.6 Å². The molecule has 17 heavy (non-hydrogen) atoms. The third kappa shape index (κ3) is 4.21. The second-order valence-electron chi connectivity index (χ2n) is 4.72. The molecule has 2 N–H and O–H groups in total. The Balaban J connectivity index is 2.61. The van der Waals surface area contributed by atoms with Gasteiger partial charge in [0, 0.05) is 19.1 Å². The molecule has 1 fully saturated rings. The minimum Gasteiger partial charge on any atom is -0.395 e. The number of nitrogens with zero attached hydrogens (tertiary/aromatic N) is 1. The molecule has 1 aliphatic rings. The zero-order chi connectivity index (χ0) is 12.9. The molecular weight excluding hydrogens is 240 g/mol. The van der Waals surface area contributed by atoms with Crippen molar-refractivity contribution in [3.63, 3.8) is 0 Å². The number of nitrogens with one attached hydrogen (secondary N) is 1. The molecule has 6 heteroatoms. The van der Waals surface area contributed by atoms with E-state index in [0.29, 0.717) is 6.42 Å². The number of hydrogen-bond donors (Lipinski definition) is 2. The van der Waals surface area contributed by atoms with Crippen molar-refractivity contribution in [1.82, 2.24) is 9.03 Å². The van der Waals surface area contributed by atoms with Crippen LogP contribution in [0.25, 0.3) is 0 Å². The maximum atomic E-state index is 12.1. The van der Waals surface area contributed by atoms with Crippen LogP contribution in [0.1, 0.15) is 45.4 Å². The summed E-state index contributed by atoms with van der Waals surface area (Å²) >= 11 is 0. The Hall–Kier alpha value is -0.170. The van der Waals surface area contributed by atoms with Gasteiger partial charge in [-0.1, -0.05) is 26.2 Å². The average molecular weight is 264 g/mol. The minimum absolute atomic E-state index is 0.109. The highest BCUT2D eigenvalue weighted by Crippen LogP contribution is 2.23. The first-order valence-electron chi connectivity index (χ1n) is 6.37. The lowest BCUT2D eigenvalue weighted by atomic mass is 9.96. The van der Waals surface area contributed by atoms with Crippen molar-refractivity contribution in [2.75, 3.05) is 13.7 Å². The molecule has 1 rings (SSSR count). The predicted molar refractivity (Wildman–Crippen MR) is 67.9 cm³/mol. The van der Waals surface area contributed by atoms with Gasteiger partial charge in [-0.05, 0) is 19.3 Å². The molecule has 0 aliphatic heterocycles. The molecule has 0 unspecified atom stereocenters. The lowest BCUT2D eigenvalue weighted by Gasteiger charge is -2.31. The number of hydrogen-bond acceptors (Lipinski definition) is 3. The van der Waals surface area contributed by atoms with Crippen molar-refractivity contribution in [3.05, 3.63) is 0 Å². The van der Waals surface area contributed by atoms with Crippen molar-refractivity contribution < 1.29 is 13.5 Å². The molecule has 5 nitrogen and oxygen atoms in total. The van der Waals surface area contributed by atoms with Gasteiger partial charge < -0.3 is 5.11 Å². The second kappa shape index (κ2) is 6.68. The van der Waals surface area contributed by atoms with Gasteiger partial charge >= 0.3 is 0 Å². The molecule has 102 valence electrons. The molecule has 1 saturated carbocycles. The molecule has 0 radical (unpaired) electrons. The van der Waals surface area contributed by atoms with Gasteiger partial charge in [0.2, 0.25) is 0 Å². The molecule has 0 aromatic rings. The summed E-state index contributed by atoms with van der Waals surface area (Å²) < 4.78 is 28.1. The number of aliphatic hydroxyl groups is 1. The third-order valence-electron chi connectivity index (χ3n) is 3.50. The van der Waals surface area contributed by atoms with Crippen molar-refractivity contribution in [3.8, 4) is 0 Å². The molecule has 0 bridgehead atoms. The van der Waals surface area contributed by atoms with Gasteiger partial charge in [0.15, 0.2) is 0 Å². The average Bonchev–Trinajstić information content (AvgIpc) is 2.36. The molecule has 0 saturated heterocycles. The summed E-state index contributed by atoms with van der Waals surface area (Å²) in [6.45, 7) is 1.69. The van der Waals surface area contributed by atoms with E-state index in [2.05, 4.69) is 4.72 Å². The summed E-state index contributed by atoms with van der Waals surface area (Å²) in [7, 11) is -1.83. The molecule has 0 aromatic heterocycles. The summed E-state index contributed by atoms with van der Waals surface area (Å²) in [6, 6.07) is -0.275. The van der Waals surface area contributed by atoms with E-state index in [0.717, 1.165) is 25.7 Å². The first kappa shape index (κ1) is 14.9. The van der Waals surface area contributed by atoms with E-state index >= 15 is 0 Å². The van der Waals surface area contributed by atoms with Gasteiger partial charge in [0.1, 0.15) is 0 Å². The summed E-state index contributed by atoms with van der Waals surface area (Å²) in [4.78, 5) is 0. The zero-order valence-electron chi connectivity index (χ0n) is 10.7. The van der Waals surface area contributed by atoms with E-state index in [4.69, 9.17) is 5.11 Å². The van der Waals surface area contributed by atoms with Gasteiger partial charge in [-0.15, -0.1) is 0 Å². The Morgan fingerprint density at radius 2 is 1.94 bits per heavy atom. The molecule has 0 aromatic carbocycles. The van der Waals surface area contributed by atoms with Crippen LogP contribution in [0.2, 0.25) is 0 Å². The first-order valence-corrected chi connectivity index (χ1v) is 7.81. The van der Waals surface area contributed by atoms with Crippen LogP contribution in [0.5, 0.6) is 0 Å². The quantitative estimate of drug-likeness (QED) is 0.747. The Morgan fingerprint density at radius 1 is 1.35 bits per heavy atom. The maximum absolute atomic E-state index is 12.1. The van der Waals surface area contributed by atoms with Crippen LogP contribution >= 0.6 is 0 Å². The zero-order valence-corrected chi connectivity index (χ0v) is 11.5. The molecular formula is C11H24N2O3S. The van der Waals surface area contributed by atoms with Gasteiger partial charge in [-0.3, -0.25) is 0 Å². The SMILES string of the molecule is CC[C@H](CO)NS(=O)(=O)N(C)C1CCCCC1. The molecule has 0 amide bonds. The van der Waals surface area contributed by atoms with Crippen LogP contribution < -0.4 is 4.72 Å². The maximum Gasteiger partial charge on any atom is 0.279 e. The van der Waals surface area contributed by atoms with Crippen LogP contribution in [0.4, 0.5) is 0 Å². The van der Waals surface area contributed by atoms with Crippen molar-refractivity contribution >= 4 is 10.2 Å². The fourth-order valence-corrected chi connectivity index (χ4v) is 3.62. The van der Waals surface area contributed by atoms with Crippen molar-refractivity contribution in [2.45, 2.75) is 57.5 Å². The standard InChI is InChI=1S/C11H24N2O3S/c1-3-10(9-14)12-17(15,16)13(2)11-7-5-4-6-8-11/h10-12,14H,3-9H2,1-2H3/t10-/m1/s1. The summed E-state index contributed by atoms with van der Waals surface area (Å²) in [5, 5.41) is 9.04. The summed E-state index contributed by atoms with van der Waals surface area (Å²) in [5.74, 6) is 0. The van der Waals surface area contributed by atoms with Gasteiger partial charge in [-0.25, -0.2) is 0 Å². The molecule has 0 spiro atoms. The van der Waals surface area contributed by atoms with Gasteiger partial charge in [0.25, 0.3) is 10.2 Å². The number of aliphatic hydroxyl groups excluding tert-OH is 1. The monoisotopic (exact) mass is 264 g/mol. The second-order valence-corrected chi connectivity index (χ2v) is 6.48. The normalized spacial score (nSPS) is 20.7. The van der Waals surface area contributed by atoms with Gasteiger partial charge in [-0.2, -0.15) is 17.4 Å². The fourth-order valence-electron chi connectivity index (χ4n) is 2.18. The number of rotatable bonds is 6. The summed E-state index contributed by atoms with van der Waals surface area (Å²) in [6.07, 6.45) is 5.87. The van der Waals surface area contributed by atoms with E-state index in [1.807, 2.05) is 6.92 Å². The van der Waals surface area contributed by atoms with E-state index in [-0.39, 0.29) is 18.7 Å². The first-order chi connectivity index (χ1) is 8.01. The molecule has 0 heterocycles. The largest absolute Gasteiger partial charge is 0.395 e. The highest BCUT2D eigenvalue weighted by molar-refractivity contribution is 7.87. The lowest BCUT2D eigenvalue weighted by Crippen LogP contribution is -2.49. The van der Waals surface area contributed by atoms with Gasteiger partial charge in [0.05, 0.1) is 6.61 Å². The Bertz CT molecular complexity index is 309. The third-order valence-corrected chi connectivity index (χ3v) is 5.18. The summed E-state index contributed by atoms with van der Waals surface area (Å²) in [5.41, 5.74) is 0. The molecule has 1 atom stereocenters. The van der Waals surface area contributed by atoms with E-state index in [9.17, 15) is 8.42 Å². The van der Waals surface area contributed by atoms with E-state index in [1.165, 1.54) is 10.7 Å². The van der Waals surface area contributed by atoms with Crippen molar-refractivity contribution in [1.29, 1.82) is 0 Å². The lowest BCUT2D eigenvalue weighted by molar-refractivity contribution is 0.244. The smallest absolute Gasteiger partial charge is 0.279 e. The van der Waals surface area contributed by atoms with Crippen LogP contribution in [0.15, 0.2) is 0 Å². The highest BCUT2D eigenvalue weighted by atomic mass is 32.2. The Morgan fingerprint density at radius 3 is 2.41 bits per heavy atom. The Kier molecular flexibility index (Phi) is 5.85. The predicted octanol–water partition coefficient (Wildman–Crippen LogP) is 0.856. The minimum atomic E-state index is -3.46.